The SMILES string of the molecule is Oc1c(Br)ccc(Br)c1[C@H](C(F)F)N1CCNCC1. The summed E-state index contributed by atoms with van der Waals surface area (Å²) in [7, 11) is 0. The molecule has 0 bridgehead atoms. The van der Waals surface area contributed by atoms with Crippen LogP contribution in [0.2, 0.25) is 0 Å². The molecule has 1 aliphatic heterocycles. The third-order valence-electron chi connectivity index (χ3n) is 3.19. The Morgan fingerprint density at radius 2 is 1.74 bits per heavy atom. The molecule has 1 atom stereocenters. The van der Waals surface area contributed by atoms with Crippen LogP contribution in [0.1, 0.15) is 11.6 Å². The molecule has 7 heteroatoms. The van der Waals surface area contributed by atoms with E-state index in [1.54, 1.807) is 17.0 Å². The molecule has 3 nitrogen and oxygen atoms in total. The minimum absolute atomic E-state index is 0.127. The first-order chi connectivity index (χ1) is 9.02. The fraction of sp³-hybridized carbons (Fsp3) is 0.500. The number of hydrogen-bond donors (Lipinski definition) is 2. The Bertz CT molecular complexity index is 454. The molecule has 19 heavy (non-hydrogen) atoms. The van der Waals surface area contributed by atoms with E-state index in [2.05, 4.69) is 37.2 Å². The van der Waals surface area contributed by atoms with Crippen LogP contribution in [0, 0.1) is 0 Å². The molecule has 1 aliphatic rings. The summed E-state index contributed by atoms with van der Waals surface area (Å²) in [6.07, 6.45) is -2.56. The Morgan fingerprint density at radius 3 is 2.32 bits per heavy atom. The van der Waals surface area contributed by atoms with Gasteiger partial charge in [0.15, 0.2) is 0 Å². The zero-order valence-electron chi connectivity index (χ0n) is 10.0. The van der Waals surface area contributed by atoms with Crippen LogP contribution < -0.4 is 5.32 Å². The molecule has 1 fully saturated rings. The Hall–Kier alpha value is -0.240. The van der Waals surface area contributed by atoms with Crippen LogP contribution in [-0.2, 0) is 0 Å². The molecule has 1 saturated heterocycles. The van der Waals surface area contributed by atoms with E-state index in [0.717, 1.165) is 0 Å². The number of nitrogens with zero attached hydrogens (tertiary/aromatic N) is 1. The van der Waals surface area contributed by atoms with E-state index in [-0.39, 0.29) is 11.3 Å². The predicted octanol–water partition coefficient (Wildman–Crippen LogP) is 3.13. The average molecular weight is 400 g/mol. The van der Waals surface area contributed by atoms with Crippen molar-refractivity contribution in [2.24, 2.45) is 0 Å². The van der Waals surface area contributed by atoms with Crippen LogP contribution in [0.4, 0.5) is 8.78 Å². The van der Waals surface area contributed by atoms with Crippen molar-refractivity contribution in [3.63, 3.8) is 0 Å². The summed E-state index contributed by atoms with van der Waals surface area (Å²) in [6.45, 7) is 2.42. The molecule has 0 amide bonds. The fourth-order valence-electron chi connectivity index (χ4n) is 2.27. The summed E-state index contributed by atoms with van der Waals surface area (Å²) in [5.74, 6) is -0.127. The van der Waals surface area contributed by atoms with Gasteiger partial charge in [-0.2, -0.15) is 0 Å². The van der Waals surface area contributed by atoms with Crippen molar-refractivity contribution in [1.29, 1.82) is 0 Å². The van der Waals surface area contributed by atoms with Gasteiger partial charge in [0.05, 0.1) is 4.47 Å². The number of phenolic OH excluding ortho intramolecular Hbond substituents is 1. The van der Waals surface area contributed by atoms with Crippen LogP contribution in [0.15, 0.2) is 21.1 Å². The lowest BCUT2D eigenvalue weighted by molar-refractivity contribution is 0.0166. The first-order valence-corrected chi connectivity index (χ1v) is 7.50. The molecule has 1 heterocycles. The second kappa shape index (κ2) is 6.47. The monoisotopic (exact) mass is 398 g/mol. The minimum atomic E-state index is -2.56. The maximum Gasteiger partial charge on any atom is 0.258 e. The molecule has 2 N–H and O–H groups in total. The Labute approximate surface area is 127 Å². The molecule has 2 rings (SSSR count). The van der Waals surface area contributed by atoms with Gasteiger partial charge in [-0.05, 0) is 28.1 Å². The van der Waals surface area contributed by atoms with Gasteiger partial charge in [-0.25, -0.2) is 8.78 Å². The maximum atomic E-state index is 13.5. The molecule has 0 aliphatic carbocycles. The van der Waals surface area contributed by atoms with Crippen LogP contribution in [0.25, 0.3) is 0 Å². The molecular formula is C12H14Br2F2N2O. The van der Waals surface area contributed by atoms with Gasteiger partial charge >= 0.3 is 0 Å². The number of nitrogens with one attached hydrogen (secondary N) is 1. The van der Waals surface area contributed by atoms with Gasteiger partial charge in [-0.3, -0.25) is 4.90 Å². The first-order valence-electron chi connectivity index (χ1n) is 5.92. The zero-order valence-corrected chi connectivity index (χ0v) is 13.2. The van der Waals surface area contributed by atoms with Gasteiger partial charge in [0.1, 0.15) is 11.8 Å². The third kappa shape index (κ3) is 3.26. The summed E-state index contributed by atoms with van der Waals surface area (Å²) in [4.78, 5) is 1.70. The highest BCUT2D eigenvalue weighted by molar-refractivity contribution is 9.11. The first kappa shape index (κ1) is 15.2. The predicted molar refractivity (Wildman–Crippen MR) is 76.7 cm³/mol. The van der Waals surface area contributed by atoms with Crippen molar-refractivity contribution < 1.29 is 13.9 Å². The van der Waals surface area contributed by atoms with E-state index in [1.165, 1.54) is 0 Å². The average Bonchev–Trinajstić information content (AvgIpc) is 2.39. The van der Waals surface area contributed by atoms with Gasteiger partial charge in [0.2, 0.25) is 0 Å². The highest BCUT2D eigenvalue weighted by Gasteiger charge is 2.34. The number of aromatic hydroxyl groups is 1. The minimum Gasteiger partial charge on any atom is -0.506 e. The Balaban J connectivity index is 2.41. The van der Waals surface area contributed by atoms with E-state index in [1.807, 2.05) is 0 Å². The van der Waals surface area contributed by atoms with Gasteiger partial charge in [-0.1, -0.05) is 15.9 Å². The van der Waals surface area contributed by atoms with Crippen LogP contribution >= 0.6 is 31.9 Å². The number of rotatable bonds is 3. The van der Waals surface area contributed by atoms with Crippen molar-refractivity contribution >= 4 is 31.9 Å². The Kier molecular flexibility index (Phi) is 5.16. The summed E-state index contributed by atoms with van der Waals surface area (Å²) >= 11 is 6.44. The second-order valence-corrected chi connectivity index (χ2v) is 6.07. The van der Waals surface area contributed by atoms with Gasteiger partial charge in [0, 0.05) is 36.2 Å². The topological polar surface area (TPSA) is 35.5 Å². The molecule has 0 unspecified atom stereocenters. The highest BCUT2D eigenvalue weighted by atomic mass is 79.9. The highest BCUT2D eigenvalue weighted by Crippen LogP contribution is 2.42. The Morgan fingerprint density at radius 1 is 1.16 bits per heavy atom. The van der Waals surface area contributed by atoms with E-state index >= 15 is 0 Å². The lowest BCUT2D eigenvalue weighted by Crippen LogP contribution is -2.47. The molecule has 1 aromatic rings. The summed E-state index contributed by atoms with van der Waals surface area (Å²) < 4.78 is 27.8. The third-order valence-corrected chi connectivity index (χ3v) is 4.53. The van der Waals surface area contributed by atoms with Crippen molar-refractivity contribution in [2.75, 3.05) is 26.2 Å². The summed E-state index contributed by atoms with van der Waals surface area (Å²) in [5, 5.41) is 13.2. The van der Waals surface area contributed by atoms with E-state index < -0.39 is 12.5 Å². The van der Waals surface area contributed by atoms with Gasteiger partial charge in [-0.15, -0.1) is 0 Å². The normalized spacial score (nSPS) is 18.8. The molecule has 0 aromatic heterocycles. The number of benzene rings is 1. The van der Waals surface area contributed by atoms with E-state index in [4.69, 9.17) is 0 Å². The number of piperazine rings is 1. The maximum absolute atomic E-state index is 13.5. The number of halogens is 4. The molecule has 0 spiro atoms. The zero-order chi connectivity index (χ0) is 14.0. The second-order valence-electron chi connectivity index (χ2n) is 4.36. The molecule has 1 aromatic carbocycles. The smallest absolute Gasteiger partial charge is 0.258 e. The van der Waals surface area contributed by atoms with Crippen molar-refractivity contribution in [3.8, 4) is 5.75 Å². The molecule has 0 radical (unpaired) electrons. The number of alkyl halides is 2. The molecular weight excluding hydrogens is 386 g/mol. The quantitative estimate of drug-likeness (QED) is 0.819. The van der Waals surface area contributed by atoms with Crippen molar-refractivity contribution in [3.05, 3.63) is 26.6 Å². The van der Waals surface area contributed by atoms with E-state index in [0.29, 0.717) is 35.1 Å². The van der Waals surface area contributed by atoms with Crippen molar-refractivity contribution in [2.45, 2.75) is 12.5 Å². The number of phenols is 1. The summed E-state index contributed by atoms with van der Waals surface area (Å²) in [5.41, 5.74) is 0.242. The fourth-order valence-corrected chi connectivity index (χ4v) is 3.17. The van der Waals surface area contributed by atoms with Crippen LogP contribution in [0.5, 0.6) is 5.75 Å². The standard InChI is InChI=1S/C12H14Br2F2N2O/c13-7-1-2-8(14)11(19)9(7)10(12(15)16)18-5-3-17-4-6-18/h1-2,10,12,17,19H,3-6H2/t10-/m1/s1. The van der Waals surface area contributed by atoms with Crippen LogP contribution in [0.3, 0.4) is 0 Å². The van der Waals surface area contributed by atoms with E-state index in [9.17, 15) is 13.9 Å². The molecule has 106 valence electrons. The lowest BCUT2D eigenvalue weighted by Gasteiger charge is -2.35. The number of hydrogen-bond acceptors (Lipinski definition) is 3. The molecule has 0 saturated carbocycles. The van der Waals surface area contributed by atoms with Gasteiger partial charge in [0.25, 0.3) is 6.43 Å². The van der Waals surface area contributed by atoms with Crippen molar-refractivity contribution in [1.82, 2.24) is 10.2 Å². The lowest BCUT2D eigenvalue weighted by atomic mass is 10.0. The largest absolute Gasteiger partial charge is 0.506 e. The van der Waals surface area contributed by atoms with Crippen LogP contribution in [-0.4, -0.2) is 42.6 Å². The summed E-state index contributed by atoms with van der Waals surface area (Å²) in [6, 6.07) is 2.19. The van der Waals surface area contributed by atoms with Gasteiger partial charge < -0.3 is 10.4 Å².